The SMILES string of the molecule is CCCCc1nnc(SCC(=O)Nc2c(C)cccc2C)n1CC. The molecule has 0 atom stereocenters. The largest absolute Gasteiger partial charge is 0.325 e. The molecule has 1 amide bonds. The summed E-state index contributed by atoms with van der Waals surface area (Å²) in [5.74, 6) is 1.33. The molecule has 1 N–H and O–H groups in total. The van der Waals surface area contributed by atoms with Gasteiger partial charge in [-0.1, -0.05) is 43.3 Å². The Morgan fingerprint density at radius 2 is 1.92 bits per heavy atom. The number of benzene rings is 1. The Balaban J connectivity index is 1.98. The fourth-order valence-corrected chi connectivity index (χ4v) is 3.40. The quantitative estimate of drug-likeness (QED) is 0.734. The third kappa shape index (κ3) is 4.60. The molecule has 2 aromatic rings. The molecule has 1 heterocycles. The smallest absolute Gasteiger partial charge is 0.234 e. The second-order valence-corrected chi connectivity index (χ2v) is 6.79. The number of thioether (sulfide) groups is 1. The van der Waals surface area contributed by atoms with E-state index in [0.29, 0.717) is 5.75 Å². The topological polar surface area (TPSA) is 59.8 Å². The lowest BCUT2D eigenvalue weighted by Gasteiger charge is -2.11. The van der Waals surface area contributed by atoms with Gasteiger partial charge in [0.05, 0.1) is 5.75 Å². The first-order valence-electron chi connectivity index (χ1n) is 8.47. The van der Waals surface area contributed by atoms with Crippen molar-refractivity contribution in [3.8, 4) is 0 Å². The summed E-state index contributed by atoms with van der Waals surface area (Å²) in [6, 6.07) is 6.00. The molecule has 5 nitrogen and oxygen atoms in total. The molecule has 0 aliphatic rings. The number of aryl methyl sites for hydroxylation is 3. The van der Waals surface area contributed by atoms with Gasteiger partial charge in [-0.25, -0.2) is 0 Å². The van der Waals surface area contributed by atoms with Crippen molar-refractivity contribution in [2.45, 2.75) is 58.7 Å². The van der Waals surface area contributed by atoms with Crippen LogP contribution in [0.4, 0.5) is 5.69 Å². The number of aromatic nitrogens is 3. The molecular weight excluding hydrogens is 320 g/mol. The molecule has 0 spiro atoms. The number of hydrogen-bond acceptors (Lipinski definition) is 4. The first kappa shape index (κ1) is 18.5. The van der Waals surface area contributed by atoms with E-state index in [2.05, 4.69) is 33.9 Å². The van der Waals surface area contributed by atoms with Gasteiger partial charge in [0.1, 0.15) is 5.82 Å². The highest BCUT2D eigenvalue weighted by Gasteiger charge is 2.13. The zero-order valence-corrected chi connectivity index (χ0v) is 15.7. The summed E-state index contributed by atoms with van der Waals surface area (Å²) in [5.41, 5.74) is 3.06. The minimum Gasteiger partial charge on any atom is -0.325 e. The number of carbonyl (C=O) groups is 1. The lowest BCUT2D eigenvalue weighted by molar-refractivity contribution is -0.113. The predicted octanol–water partition coefficient (Wildman–Crippen LogP) is 3.99. The van der Waals surface area contributed by atoms with Gasteiger partial charge in [-0.2, -0.15) is 0 Å². The maximum atomic E-state index is 12.3. The van der Waals surface area contributed by atoms with Crippen molar-refractivity contribution in [2.24, 2.45) is 0 Å². The molecule has 0 unspecified atom stereocenters. The maximum Gasteiger partial charge on any atom is 0.234 e. The van der Waals surface area contributed by atoms with Gasteiger partial charge < -0.3 is 9.88 Å². The minimum atomic E-state index is -0.0156. The molecule has 0 aliphatic carbocycles. The summed E-state index contributed by atoms with van der Waals surface area (Å²) in [7, 11) is 0. The van der Waals surface area contributed by atoms with Crippen LogP contribution in [0.15, 0.2) is 23.4 Å². The zero-order valence-electron chi connectivity index (χ0n) is 14.9. The number of anilines is 1. The molecule has 0 fully saturated rings. The molecule has 0 radical (unpaired) electrons. The van der Waals surface area contributed by atoms with E-state index in [1.807, 2.05) is 32.0 Å². The van der Waals surface area contributed by atoms with Crippen LogP contribution in [0.1, 0.15) is 43.6 Å². The molecule has 1 aromatic heterocycles. The highest BCUT2D eigenvalue weighted by atomic mass is 32.2. The summed E-state index contributed by atoms with van der Waals surface area (Å²) in [6.45, 7) is 9.08. The number of hydrogen-bond donors (Lipinski definition) is 1. The van der Waals surface area contributed by atoms with Crippen LogP contribution in [0.25, 0.3) is 0 Å². The average molecular weight is 347 g/mol. The van der Waals surface area contributed by atoms with Crippen molar-refractivity contribution in [3.05, 3.63) is 35.2 Å². The molecule has 1 aromatic carbocycles. The number of nitrogens with one attached hydrogen (secondary N) is 1. The first-order chi connectivity index (χ1) is 11.6. The summed E-state index contributed by atoms with van der Waals surface area (Å²) in [6.07, 6.45) is 3.18. The molecular formula is C18H26N4OS. The molecule has 24 heavy (non-hydrogen) atoms. The lowest BCUT2D eigenvalue weighted by Crippen LogP contribution is -2.16. The summed E-state index contributed by atoms with van der Waals surface area (Å²) >= 11 is 1.44. The molecule has 0 bridgehead atoms. The van der Waals surface area contributed by atoms with E-state index in [1.165, 1.54) is 11.8 Å². The summed E-state index contributed by atoms with van der Waals surface area (Å²) < 4.78 is 2.10. The second kappa shape index (κ2) is 8.87. The molecule has 0 saturated carbocycles. The molecule has 0 aliphatic heterocycles. The third-order valence-electron chi connectivity index (χ3n) is 3.94. The normalized spacial score (nSPS) is 10.8. The van der Waals surface area contributed by atoms with E-state index in [9.17, 15) is 4.79 Å². The van der Waals surface area contributed by atoms with Gasteiger partial charge in [0.25, 0.3) is 0 Å². The Hall–Kier alpha value is -1.82. The predicted molar refractivity (Wildman–Crippen MR) is 99.6 cm³/mol. The monoisotopic (exact) mass is 346 g/mol. The van der Waals surface area contributed by atoms with Crippen molar-refractivity contribution in [3.63, 3.8) is 0 Å². The van der Waals surface area contributed by atoms with Gasteiger partial charge in [0.2, 0.25) is 5.91 Å². The number of amides is 1. The highest BCUT2D eigenvalue weighted by Crippen LogP contribution is 2.21. The fraction of sp³-hybridized carbons (Fsp3) is 0.500. The van der Waals surface area contributed by atoms with Gasteiger partial charge in [0, 0.05) is 18.7 Å². The van der Waals surface area contributed by atoms with Crippen LogP contribution in [-0.2, 0) is 17.8 Å². The lowest BCUT2D eigenvalue weighted by atomic mass is 10.1. The Bertz CT molecular complexity index is 676. The molecule has 0 saturated heterocycles. The Kier molecular flexibility index (Phi) is 6.85. The van der Waals surface area contributed by atoms with E-state index in [0.717, 1.165) is 53.6 Å². The zero-order chi connectivity index (χ0) is 17.5. The van der Waals surface area contributed by atoms with Crippen molar-refractivity contribution in [1.82, 2.24) is 14.8 Å². The minimum absolute atomic E-state index is 0.0156. The van der Waals surface area contributed by atoms with Gasteiger partial charge >= 0.3 is 0 Å². The van der Waals surface area contributed by atoms with Crippen molar-refractivity contribution >= 4 is 23.4 Å². The van der Waals surface area contributed by atoms with Crippen LogP contribution in [0, 0.1) is 13.8 Å². The third-order valence-corrected chi connectivity index (χ3v) is 4.91. The van der Waals surface area contributed by atoms with Crippen LogP contribution in [-0.4, -0.2) is 26.4 Å². The van der Waals surface area contributed by atoms with Gasteiger partial charge in [-0.3, -0.25) is 4.79 Å². The van der Waals surface area contributed by atoms with Crippen LogP contribution < -0.4 is 5.32 Å². The van der Waals surface area contributed by atoms with E-state index in [1.54, 1.807) is 0 Å². The van der Waals surface area contributed by atoms with Crippen LogP contribution in [0.3, 0.4) is 0 Å². The highest BCUT2D eigenvalue weighted by molar-refractivity contribution is 7.99. The molecule has 6 heteroatoms. The standard InChI is InChI=1S/C18H26N4OS/c1-5-7-11-15-20-21-18(22(15)6-2)24-12-16(23)19-17-13(3)9-8-10-14(17)4/h8-10H,5-7,11-12H2,1-4H3,(H,19,23). The van der Waals surface area contributed by atoms with Crippen LogP contribution in [0.5, 0.6) is 0 Å². The molecule has 2 rings (SSSR count). The summed E-state index contributed by atoms with van der Waals surface area (Å²) in [5, 5.41) is 12.4. The van der Waals surface area contributed by atoms with Crippen LogP contribution in [0.2, 0.25) is 0 Å². The number of unbranched alkanes of at least 4 members (excludes halogenated alkanes) is 1. The summed E-state index contributed by atoms with van der Waals surface area (Å²) in [4.78, 5) is 12.3. The number of nitrogens with zero attached hydrogens (tertiary/aromatic N) is 3. The Labute approximate surface area is 148 Å². The van der Waals surface area contributed by atoms with E-state index >= 15 is 0 Å². The average Bonchev–Trinajstić information content (AvgIpc) is 2.96. The second-order valence-electron chi connectivity index (χ2n) is 5.85. The van der Waals surface area contributed by atoms with Crippen molar-refractivity contribution < 1.29 is 4.79 Å². The molecule has 130 valence electrons. The van der Waals surface area contributed by atoms with Crippen molar-refractivity contribution in [2.75, 3.05) is 11.1 Å². The van der Waals surface area contributed by atoms with Crippen LogP contribution >= 0.6 is 11.8 Å². The van der Waals surface area contributed by atoms with Gasteiger partial charge in [-0.05, 0) is 38.3 Å². The number of carbonyl (C=O) groups excluding carboxylic acids is 1. The Morgan fingerprint density at radius 3 is 2.54 bits per heavy atom. The van der Waals surface area contributed by atoms with Gasteiger partial charge in [0.15, 0.2) is 5.16 Å². The first-order valence-corrected chi connectivity index (χ1v) is 9.46. The van der Waals surface area contributed by atoms with E-state index < -0.39 is 0 Å². The maximum absolute atomic E-state index is 12.3. The Morgan fingerprint density at radius 1 is 1.21 bits per heavy atom. The fourth-order valence-electron chi connectivity index (χ4n) is 2.58. The number of para-hydroxylation sites is 1. The van der Waals surface area contributed by atoms with Crippen molar-refractivity contribution in [1.29, 1.82) is 0 Å². The van der Waals surface area contributed by atoms with E-state index in [-0.39, 0.29) is 5.91 Å². The van der Waals surface area contributed by atoms with Gasteiger partial charge in [-0.15, -0.1) is 10.2 Å². The number of rotatable bonds is 8. The van der Waals surface area contributed by atoms with E-state index in [4.69, 9.17) is 0 Å².